The standard InChI is InChI=1S/C23H21NO3/c1-26-21-13-11-19(12-14-21)18-27-17-7-15-23(25,20-8-3-2-4-9-20)22-10-5-6-16-24-22/h2-6,8-14,16,25H,17-18H2,1H3. The van der Waals surface area contributed by atoms with Crippen LogP contribution in [0.4, 0.5) is 0 Å². The quantitative estimate of drug-likeness (QED) is 0.540. The first kappa shape index (κ1) is 18.7. The zero-order valence-electron chi connectivity index (χ0n) is 15.1. The molecule has 0 aliphatic carbocycles. The molecule has 0 bridgehead atoms. The van der Waals surface area contributed by atoms with Crippen LogP contribution < -0.4 is 4.74 Å². The summed E-state index contributed by atoms with van der Waals surface area (Å²) >= 11 is 0. The molecule has 0 aliphatic heterocycles. The van der Waals surface area contributed by atoms with Gasteiger partial charge in [0.05, 0.1) is 19.4 Å². The van der Waals surface area contributed by atoms with Crippen molar-refractivity contribution >= 4 is 0 Å². The molecule has 4 nitrogen and oxygen atoms in total. The molecule has 0 amide bonds. The van der Waals surface area contributed by atoms with Crippen LogP contribution >= 0.6 is 0 Å². The maximum atomic E-state index is 11.2. The molecule has 1 N–H and O–H groups in total. The van der Waals surface area contributed by atoms with Crippen LogP contribution in [0.3, 0.4) is 0 Å². The summed E-state index contributed by atoms with van der Waals surface area (Å²) in [4.78, 5) is 4.28. The molecule has 1 heterocycles. The number of aromatic nitrogens is 1. The first-order chi connectivity index (χ1) is 13.2. The van der Waals surface area contributed by atoms with Gasteiger partial charge in [0.25, 0.3) is 0 Å². The van der Waals surface area contributed by atoms with E-state index in [0.29, 0.717) is 17.9 Å². The van der Waals surface area contributed by atoms with Gasteiger partial charge < -0.3 is 14.6 Å². The van der Waals surface area contributed by atoms with Crippen molar-refractivity contribution in [3.8, 4) is 17.6 Å². The molecule has 3 rings (SSSR count). The minimum atomic E-state index is -1.48. The molecule has 0 saturated carbocycles. The number of rotatable bonds is 6. The Morgan fingerprint density at radius 1 is 0.963 bits per heavy atom. The predicted molar refractivity (Wildman–Crippen MR) is 104 cm³/mol. The molecule has 1 aromatic heterocycles. The molecule has 0 radical (unpaired) electrons. The Kier molecular flexibility index (Phi) is 6.22. The zero-order chi connectivity index (χ0) is 19.0. The van der Waals surface area contributed by atoms with E-state index < -0.39 is 5.60 Å². The third kappa shape index (κ3) is 4.73. The number of pyridine rings is 1. The summed E-state index contributed by atoms with van der Waals surface area (Å²) in [5.41, 5.74) is 0.706. The Hall–Kier alpha value is -3.13. The van der Waals surface area contributed by atoms with E-state index in [1.807, 2.05) is 60.7 Å². The molecule has 0 saturated heterocycles. The lowest BCUT2D eigenvalue weighted by molar-refractivity contribution is 0.136. The van der Waals surface area contributed by atoms with Crippen LogP contribution in [-0.2, 0) is 16.9 Å². The van der Waals surface area contributed by atoms with E-state index in [4.69, 9.17) is 9.47 Å². The second kappa shape index (κ2) is 9.00. The van der Waals surface area contributed by atoms with E-state index in [-0.39, 0.29) is 6.61 Å². The number of benzene rings is 2. The van der Waals surface area contributed by atoms with Crippen molar-refractivity contribution in [3.63, 3.8) is 0 Å². The van der Waals surface area contributed by atoms with Gasteiger partial charge in [-0.05, 0) is 29.8 Å². The lowest BCUT2D eigenvalue weighted by Crippen LogP contribution is -2.26. The highest BCUT2D eigenvalue weighted by Crippen LogP contribution is 2.27. The molecule has 0 spiro atoms. The van der Waals surface area contributed by atoms with Gasteiger partial charge >= 0.3 is 0 Å². The summed E-state index contributed by atoms with van der Waals surface area (Å²) in [6, 6.07) is 22.4. The van der Waals surface area contributed by atoms with Crippen molar-refractivity contribution in [2.45, 2.75) is 12.2 Å². The van der Waals surface area contributed by atoms with Gasteiger partial charge in [-0.15, -0.1) is 0 Å². The predicted octanol–water partition coefficient (Wildman–Crippen LogP) is 3.55. The minimum absolute atomic E-state index is 0.202. The van der Waals surface area contributed by atoms with Gasteiger partial charge in [-0.1, -0.05) is 60.4 Å². The van der Waals surface area contributed by atoms with Crippen LogP contribution in [0.2, 0.25) is 0 Å². The highest BCUT2D eigenvalue weighted by molar-refractivity contribution is 5.41. The Morgan fingerprint density at radius 2 is 1.70 bits per heavy atom. The molecule has 1 unspecified atom stereocenters. The molecule has 2 aromatic carbocycles. The van der Waals surface area contributed by atoms with Crippen molar-refractivity contribution in [1.29, 1.82) is 0 Å². The normalized spacial score (nSPS) is 12.5. The van der Waals surface area contributed by atoms with Gasteiger partial charge in [-0.2, -0.15) is 0 Å². The van der Waals surface area contributed by atoms with E-state index in [2.05, 4.69) is 16.8 Å². The van der Waals surface area contributed by atoms with Crippen LogP contribution in [0.5, 0.6) is 5.75 Å². The van der Waals surface area contributed by atoms with E-state index in [1.165, 1.54) is 0 Å². The largest absolute Gasteiger partial charge is 0.497 e. The lowest BCUT2D eigenvalue weighted by Gasteiger charge is -2.22. The highest BCUT2D eigenvalue weighted by atomic mass is 16.5. The van der Waals surface area contributed by atoms with Gasteiger partial charge in [-0.25, -0.2) is 0 Å². The first-order valence-electron chi connectivity index (χ1n) is 8.62. The lowest BCUT2D eigenvalue weighted by atomic mass is 9.90. The van der Waals surface area contributed by atoms with Crippen molar-refractivity contribution in [2.75, 3.05) is 13.7 Å². The van der Waals surface area contributed by atoms with E-state index in [0.717, 1.165) is 11.3 Å². The van der Waals surface area contributed by atoms with Gasteiger partial charge in [-0.3, -0.25) is 4.98 Å². The first-order valence-corrected chi connectivity index (χ1v) is 8.62. The Balaban J connectivity index is 1.70. The van der Waals surface area contributed by atoms with Crippen LogP contribution in [0.25, 0.3) is 0 Å². The monoisotopic (exact) mass is 359 g/mol. The van der Waals surface area contributed by atoms with Crippen molar-refractivity contribution in [1.82, 2.24) is 4.98 Å². The van der Waals surface area contributed by atoms with Crippen molar-refractivity contribution in [2.24, 2.45) is 0 Å². The molecule has 4 heteroatoms. The van der Waals surface area contributed by atoms with Gasteiger partial charge in [0.1, 0.15) is 12.4 Å². The Bertz CT molecular complexity index is 858. The highest BCUT2D eigenvalue weighted by Gasteiger charge is 2.30. The van der Waals surface area contributed by atoms with E-state index in [1.54, 1.807) is 25.4 Å². The smallest absolute Gasteiger partial charge is 0.194 e. The Labute approximate surface area is 159 Å². The van der Waals surface area contributed by atoms with Crippen molar-refractivity contribution < 1.29 is 14.6 Å². The average molecular weight is 359 g/mol. The number of methoxy groups -OCH3 is 1. The summed E-state index contributed by atoms with van der Waals surface area (Å²) in [5, 5.41) is 11.2. The molecule has 136 valence electrons. The Morgan fingerprint density at radius 3 is 2.37 bits per heavy atom. The summed E-state index contributed by atoms with van der Waals surface area (Å²) < 4.78 is 10.8. The second-order valence-corrected chi connectivity index (χ2v) is 5.93. The maximum Gasteiger partial charge on any atom is 0.194 e. The van der Waals surface area contributed by atoms with Crippen molar-refractivity contribution in [3.05, 3.63) is 95.8 Å². The van der Waals surface area contributed by atoms with E-state index in [9.17, 15) is 5.11 Å². The molecule has 27 heavy (non-hydrogen) atoms. The number of aliphatic hydroxyl groups is 1. The fraction of sp³-hybridized carbons (Fsp3) is 0.174. The van der Waals surface area contributed by atoms with E-state index >= 15 is 0 Å². The summed E-state index contributed by atoms with van der Waals surface area (Å²) in [7, 11) is 1.64. The van der Waals surface area contributed by atoms with Crippen LogP contribution in [-0.4, -0.2) is 23.8 Å². The minimum Gasteiger partial charge on any atom is -0.497 e. The maximum absolute atomic E-state index is 11.2. The third-order valence-corrected chi connectivity index (χ3v) is 4.10. The van der Waals surface area contributed by atoms with Crippen LogP contribution in [0.1, 0.15) is 16.8 Å². The molecule has 3 aromatic rings. The fourth-order valence-corrected chi connectivity index (χ4v) is 2.65. The number of hydrogen-bond acceptors (Lipinski definition) is 4. The number of nitrogens with zero attached hydrogens (tertiary/aromatic N) is 1. The summed E-state index contributed by atoms with van der Waals surface area (Å²) in [5.74, 6) is 6.67. The topological polar surface area (TPSA) is 51.6 Å². The SMILES string of the molecule is COc1ccc(COCC#CC(O)(c2ccccc2)c2ccccn2)cc1. The fourth-order valence-electron chi connectivity index (χ4n) is 2.65. The number of ether oxygens (including phenoxy) is 2. The number of hydrogen-bond donors (Lipinski definition) is 1. The van der Waals surface area contributed by atoms with Gasteiger partial charge in [0.15, 0.2) is 5.60 Å². The van der Waals surface area contributed by atoms with Gasteiger partial charge in [0, 0.05) is 11.8 Å². The second-order valence-electron chi connectivity index (χ2n) is 5.93. The van der Waals surface area contributed by atoms with Crippen LogP contribution in [0.15, 0.2) is 79.0 Å². The molecular formula is C23H21NO3. The zero-order valence-corrected chi connectivity index (χ0v) is 15.1. The van der Waals surface area contributed by atoms with Crippen LogP contribution in [0, 0.1) is 11.8 Å². The third-order valence-electron chi connectivity index (χ3n) is 4.10. The molecule has 0 fully saturated rings. The molecular weight excluding hydrogens is 338 g/mol. The average Bonchev–Trinajstić information content (AvgIpc) is 2.75. The van der Waals surface area contributed by atoms with Gasteiger partial charge in [0.2, 0.25) is 0 Å². The summed E-state index contributed by atoms with van der Waals surface area (Å²) in [6.45, 7) is 0.639. The molecule has 1 atom stereocenters. The molecule has 0 aliphatic rings. The summed E-state index contributed by atoms with van der Waals surface area (Å²) in [6.07, 6.45) is 1.64.